The van der Waals surface area contributed by atoms with Gasteiger partial charge in [-0.1, -0.05) is 47.6 Å². The molecule has 0 aliphatic heterocycles. The Morgan fingerprint density at radius 1 is 1.12 bits per heavy atom. The molecule has 0 fully saturated rings. The van der Waals surface area contributed by atoms with Gasteiger partial charge in [0.05, 0.1) is 13.2 Å². The molecule has 34 heavy (non-hydrogen) atoms. The van der Waals surface area contributed by atoms with Crippen LogP contribution in [-0.4, -0.2) is 47.7 Å². The van der Waals surface area contributed by atoms with Crippen LogP contribution in [0.25, 0.3) is 0 Å². The lowest BCUT2D eigenvalue weighted by Gasteiger charge is -2.30. The fourth-order valence-corrected chi connectivity index (χ4v) is 3.94. The van der Waals surface area contributed by atoms with Gasteiger partial charge in [0.15, 0.2) is 11.5 Å². The molecule has 0 aliphatic carbocycles. The maximum atomic E-state index is 12.9. The van der Waals surface area contributed by atoms with Gasteiger partial charge in [0.2, 0.25) is 5.91 Å². The number of amides is 1. The summed E-state index contributed by atoms with van der Waals surface area (Å²) in [6.45, 7) is 13.5. The molecule has 0 unspecified atom stereocenters. The minimum absolute atomic E-state index is 0.0147. The highest BCUT2D eigenvalue weighted by molar-refractivity contribution is 5.83. The summed E-state index contributed by atoms with van der Waals surface area (Å²) in [5.41, 5.74) is 6.77. The van der Waals surface area contributed by atoms with E-state index >= 15 is 0 Å². The van der Waals surface area contributed by atoms with E-state index in [9.17, 15) is 19.8 Å². The molecular formula is C27H46N2O5. The van der Waals surface area contributed by atoms with E-state index in [0.717, 1.165) is 5.56 Å². The first-order chi connectivity index (χ1) is 15.7. The summed E-state index contributed by atoms with van der Waals surface area (Å²) in [4.78, 5) is 24.6. The van der Waals surface area contributed by atoms with Crippen LogP contribution in [0.2, 0.25) is 0 Å². The molecule has 0 aromatic heterocycles. The number of Topliss-reactive ketones (excluding diaryl/α,β-unsaturated/α-hetero) is 1. The number of phenolic OH excluding ortho intramolecular Hbond substituents is 1. The van der Waals surface area contributed by atoms with Gasteiger partial charge in [0, 0.05) is 23.9 Å². The van der Waals surface area contributed by atoms with Crippen LogP contribution in [0.15, 0.2) is 18.2 Å². The lowest BCUT2D eigenvalue weighted by molar-refractivity contribution is -0.129. The van der Waals surface area contributed by atoms with Crippen molar-refractivity contribution in [3.05, 3.63) is 23.8 Å². The van der Waals surface area contributed by atoms with Crippen molar-refractivity contribution in [3.8, 4) is 11.5 Å². The zero-order chi connectivity index (χ0) is 26.2. The van der Waals surface area contributed by atoms with Crippen molar-refractivity contribution in [2.45, 2.75) is 79.9 Å². The zero-order valence-electron chi connectivity index (χ0n) is 22.2. The second-order valence-corrected chi connectivity index (χ2v) is 10.9. The molecule has 194 valence electrons. The SMILES string of the molecule is COc1ccc(C[C@@H](C[C@H](N)[C@@H](O)C[C@H](C(=O)NCC(C)(C)C(C)=O)C(C)C)C(C)C)cc1O. The quantitative estimate of drug-likeness (QED) is 0.324. The second-order valence-electron chi connectivity index (χ2n) is 10.9. The Bertz CT molecular complexity index is 806. The number of aromatic hydroxyl groups is 1. The predicted octanol–water partition coefficient (Wildman–Crippen LogP) is 3.69. The fourth-order valence-electron chi connectivity index (χ4n) is 3.94. The Morgan fingerprint density at radius 2 is 1.74 bits per heavy atom. The molecule has 7 nitrogen and oxygen atoms in total. The monoisotopic (exact) mass is 478 g/mol. The molecule has 1 aromatic rings. The number of aliphatic hydroxyl groups excluding tert-OH is 1. The highest BCUT2D eigenvalue weighted by Crippen LogP contribution is 2.30. The van der Waals surface area contributed by atoms with Gasteiger partial charge in [0.1, 0.15) is 5.78 Å². The van der Waals surface area contributed by atoms with Gasteiger partial charge in [-0.2, -0.15) is 0 Å². The first-order valence-electron chi connectivity index (χ1n) is 12.3. The van der Waals surface area contributed by atoms with E-state index in [0.29, 0.717) is 24.5 Å². The summed E-state index contributed by atoms with van der Waals surface area (Å²) in [6.07, 6.45) is 0.739. The maximum absolute atomic E-state index is 12.9. The highest BCUT2D eigenvalue weighted by Gasteiger charge is 2.31. The minimum Gasteiger partial charge on any atom is -0.504 e. The molecule has 1 rings (SSSR count). The van der Waals surface area contributed by atoms with Crippen molar-refractivity contribution in [2.75, 3.05) is 13.7 Å². The van der Waals surface area contributed by atoms with Crippen LogP contribution in [-0.2, 0) is 16.0 Å². The number of hydrogen-bond donors (Lipinski definition) is 4. The number of rotatable bonds is 14. The summed E-state index contributed by atoms with van der Waals surface area (Å²) in [5.74, 6) is 0.517. The summed E-state index contributed by atoms with van der Waals surface area (Å²) >= 11 is 0. The third-order valence-corrected chi connectivity index (χ3v) is 7.05. The highest BCUT2D eigenvalue weighted by atomic mass is 16.5. The number of carbonyl (C=O) groups is 2. The van der Waals surface area contributed by atoms with Crippen LogP contribution in [0.1, 0.15) is 66.9 Å². The van der Waals surface area contributed by atoms with Crippen molar-refractivity contribution < 1.29 is 24.5 Å². The van der Waals surface area contributed by atoms with Crippen molar-refractivity contribution >= 4 is 11.7 Å². The molecule has 1 aromatic carbocycles. The number of nitrogens with one attached hydrogen (secondary N) is 1. The third-order valence-electron chi connectivity index (χ3n) is 7.05. The number of ether oxygens (including phenoxy) is 1. The molecule has 5 N–H and O–H groups in total. The number of hydrogen-bond acceptors (Lipinski definition) is 6. The number of methoxy groups -OCH3 is 1. The van der Waals surface area contributed by atoms with Gasteiger partial charge in [-0.05, 0) is 61.6 Å². The summed E-state index contributed by atoms with van der Waals surface area (Å²) in [5, 5.41) is 23.9. The van der Waals surface area contributed by atoms with E-state index in [4.69, 9.17) is 10.5 Å². The zero-order valence-corrected chi connectivity index (χ0v) is 22.2. The number of benzene rings is 1. The van der Waals surface area contributed by atoms with Crippen LogP contribution < -0.4 is 15.8 Å². The van der Waals surface area contributed by atoms with Crippen LogP contribution in [0.5, 0.6) is 11.5 Å². The molecule has 4 atom stereocenters. The largest absolute Gasteiger partial charge is 0.504 e. The first kappa shape index (κ1) is 29.9. The van der Waals surface area contributed by atoms with Crippen LogP contribution in [0.4, 0.5) is 0 Å². The molecular weight excluding hydrogens is 432 g/mol. The van der Waals surface area contributed by atoms with E-state index < -0.39 is 23.5 Å². The standard InChI is InChI=1S/C27H46N2O5/c1-16(2)20(11-19-9-10-25(34-8)24(32)12-19)13-22(28)23(31)14-21(17(3)4)26(33)29-15-27(6,7)18(5)30/h9-10,12,16-17,20-23,31-32H,11,13-15,28H2,1-8H3,(H,29,33)/t20-,21-,22-,23-/m0/s1. The van der Waals surface area contributed by atoms with Crippen LogP contribution >= 0.6 is 0 Å². The van der Waals surface area contributed by atoms with E-state index in [-0.39, 0.29) is 42.2 Å². The topological polar surface area (TPSA) is 122 Å². The van der Waals surface area contributed by atoms with Gasteiger partial charge in [-0.25, -0.2) is 0 Å². The Hall–Kier alpha value is -2.12. The molecule has 0 spiro atoms. The normalized spacial score (nSPS) is 15.6. The smallest absolute Gasteiger partial charge is 0.223 e. The van der Waals surface area contributed by atoms with Gasteiger partial charge in [0.25, 0.3) is 0 Å². The molecule has 0 heterocycles. The Morgan fingerprint density at radius 3 is 2.21 bits per heavy atom. The van der Waals surface area contributed by atoms with Crippen molar-refractivity contribution in [1.82, 2.24) is 5.32 Å². The van der Waals surface area contributed by atoms with Crippen molar-refractivity contribution in [1.29, 1.82) is 0 Å². The Balaban J connectivity index is 2.81. The van der Waals surface area contributed by atoms with Crippen molar-refractivity contribution in [2.24, 2.45) is 34.8 Å². The van der Waals surface area contributed by atoms with E-state index in [1.807, 2.05) is 19.9 Å². The molecule has 0 aliphatic rings. The summed E-state index contributed by atoms with van der Waals surface area (Å²) < 4.78 is 5.12. The predicted molar refractivity (Wildman–Crippen MR) is 136 cm³/mol. The summed E-state index contributed by atoms with van der Waals surface area (Å²) in [6, 6.07) is 4.90. The van der Waals surface area contributed by atoms with Gasteiger partial charge < -0.3 is 26.0 Å². The third kappa shape index (κ3) is 8.91. The number of carbonyl (C=O) groups excluding carboxylic acids is 2. The molecule has 0 bridgehead atoms. The fraction of sp³-hybridized carbons (Fsp3) is 0.704. The van der Waals surface area contributed by atoms with Gasteiger partial charge in [-0.3, -0.25) is 9.59 Å². The number of nitrogens with two attached hydrogens (primary N) is 1. The molecule has 0 saturated carbocycles. The molecule has 7 heteroatoms. The molecule has 0 saturated heterocycles. The van der Waals surface area contributed by atoms with Gasteiger partial charge >= 0.3 is 0 Å². The Kier molecular flexibility index (Phi) is 11.5. The molecule has 0 radical (unpaired) electrons. The minimum atomic E-state index is -0.829. The van der Waals surface area contributed by atoms with E-state index in [2.05, 4.69) is 19.2 Å². The van der Waals surface area contributed by atoms with E-state index in [1.54, 1.807) is 26.0 Å². The summed E-state index contributed by atoms with van der Waals surface area (Å²) in [7, 11) is 1.51. The second kappa shape index (κ2) is 13.1. The number of aliphatic hydroxyl groups is 1. The average molecular weight is 479 g/mol. The van der Waals surface area contributed by atoms with E-state index in [1.165, 1.54) is 14.0 Å². The van der Waals surface area contributed by atoms with Crippen molar-refractivity contribution in [3.63, 3.8) is 0 Å². The number of phenols is 1. The number of ketones is 1. The lowest BCUT2D eigenvalue weighted by atomic mass is 9.80. The Labute approximate surface area is 205 Å². The van der Waals surface area contributed by atoms with Crippen LogP contribution in [0, 0.1) is 29.1 Å². The maximum Gasteiger partial charge on any atom is 0.223 e. The first-order valence-corrected chi connectivity index (χ1v) is 12.3. The van der Waals surface area contributed by atoms with Crippen LogP contribution in [0.3, 0.4) is 0 Å². The molecule has 1 amide bonds. The average Bonchev–Trinajstić information content (AvgIpc) is 2.74. The van der Waals surface area contributed by atoms with Gasteiger partial charge in [-0.15, -0.1) is 0 Å². The lowest BCUT2D eigenvalue weighted by Crippen LogP contribution is -2.45.